The first-order chi connectivity index (χ1) is 8.91. The summed E-state index contributed by atoms with van der Waals surface area (Å²) in [6, 6.07) is 0. The number of halogens is 2. The first kappa shape index (κ1) is 44.0. The molecule has 0 aromatic carbocycles. The van der Waals surface area contributed by atoms with E-state index in [2.05, 4.69) is 12.2 Å². The molecule has 23 heavy (non-hydrogen) atoms. The van der Waals surface area contributed by atoms with Crippen LogP contribution in [0.1, 0.15) is 34.1 Å². The summed E-state index contributed by atoms with van der Waals surface area (Å²) in [6.07, 6.45) is 10.0. The minimum absolute atomic E-state index is 0. The Bertz CT molecular complexity index is 211. The zero-order chi connectivity index (χ0) is 17.2. The molecule has 1 aliphatic carbocycles. The van der Waals surface area contributed by atoms with Gasteiger partial charge in [-0.05, 0) is 26.6 Å². The molecular weight excluding hydrogens is 401 g/mol. The Hall–Kier alpha value is 1.09. The van der Waals surface area contributed by atoms with E-state index in [0.717, 1.165) is 6.42 Å². The van der Waals surface area contributed by atoms with Gasteiger partial charge in [0.1, 0.15) is 0 Å². The summed E-state index contributed by atoms with van der Waals surface area (Å²) in [4.78, 5) is 8.66. The Kier molecular flexibility index (Phi) is 59.1. The van der Waals surface area contributed by atoms with Crippen molar-refractivity contribution in [2.75, 3.05) is 6.61 Å². The second kappa shape index (κ2) is 30.9. The molecule has 8 heteroatoms. The molecule has 0 heterocycles. The molecule has 0 saturated heterocycles. The van der Waals surface area contributed by atoms with Crippen molar-refractivity contribution in [3.8, 4) is 0 Å². The molecule has 1 rings (SSSR count). The number of aliphatic hydroxyl groups is 1. The molecule has 0 bridgehead atoms. The van der Waals surface area contributed by atoms with Crippen molar-refractivity contribution in [1.29, 1.82) is 0 Å². The van der Waals surface area contributed by atoms with E-state index in [9.17, 15) is 0 Å². The molecule has 0 aromatic rings. The molecule has 0 radical (unpaired) electrons. The number of nitrogens with one attached hydrogen (secondary N) is 1. The molecule has 0 atom stereocenters. The fourth-order valence-electron chi connectivity index (χ4n) is 0.340. The molecule has 0 aliphatic heterocycles. The van der Waals surface area contributed by atoms with E-state index in [1.807, 2.05) is 79.4 Å². The van der Waals surface area contributed by atoms with Gasteiger partial charge < -0.3 is 23.1 Å². The number of rotatable bonds is 0. The average Bonchev–Trinajstić information content (AvgIpc) is 2.73. The molecule has 144 valence electrons. The van der Waals surface area contributed by atoms with E-state index < -0.39 is 8.32 Å². The summed E-state index contributed by atoms with van der Waals surface area (Å²) in [5, 5.41) is 7.57. The third kappa shape index (κ3) is 277. The number of allylic oxidation sites excluding steroid dienone is 4. The van der Waals surface area contributed by atoms with E-state index in [0.29, 0.717) is 0 Å². The van der Waals surface area contributed by atoms with E-state index in [4.69, 9.17) is 15.6 Å². The van der Waals surface area contributed by atoms with E-state index in [1.54, 1.807) is 6.92 Å². The number of hydrogen-bond acceptors (Lipinski definition) is 2. The van der Waals surface area contributed by atoms with Gasteiger partial charge in [0.25, 0.3) is 0 Å². The van der Waals surface area contributed by atoms with Crippen LogP contribution in [0, 0.1) is 13.5 Å². The van der Waals surface area contributed by atoms with Crippen molar-refractivity contribution in [1.82, 2.24) is 0 Å². The maximum absolute atomic E-state index is 8.66. The summed E-state index contributed by atoms with van der Waals surface area (Å²) in [5.41, 5.74) is 6.69. The zero-order valence-electron chi connectivity index (χ0n) is 16.1. The quantitative estimate of drug-likeness (QED) is 0.436. The Labute approximate surface area is 172 Å². The fraction of sp³-hybridized carbons (Fsp3) is 0.667. The Morgan fingerprint density at radius 2 is 1.43 bits per heavy atom. The van der Waals surface area contributed by atoms with Gasteiger partial charge in [-0.25, -0.2) is 12.2 Å². The van der Waals surface area contributed by atoms with Crippen LogP contribution < -0.4 is 0 Å². The van der Waals surface area contributed by atoms with Crippen LogP contribution in [0.3, 0.4) is 0 Å². The first-order valence-electron chi connectivity index (χ1n) is 6.57. The van der Waals surface area contributed by atoms with Crippen molar-refractivity contribution >= 4 is 40.8 Å². The second-order valence-electron chi connectivity index (χ2n) is 5.74. The van der Waals surface area contributed by atoms with Crippen molar-refractivity contribution in [2.24, 2.45) is 0 Å². The van der Waals surface area contributed by atoms with Gasteiger partial charge in [0.05, 0.1) is 0 Å². The molecule has 0 fully saturated rings. The van der Waals surface area contributed by atoms with Crippen molar-refractivity contribution in [2.45, 2.75) is 59.3 Å². The number of hydrogen-bond donors (Lipinski definition) is 2. The van der Waals surface area contributed by atoms with Gasteiger partial charge in [0, 0.05) is 6.61 Å². The molecule has 0 spiro atoms. The van der Waals surface area contributed by atoms with Crippen molar-refractivity contribution in [3.05, 3.63) is 37.5 Å². The predicted molar refractivity (Wildman–Crippen MR) is 113 cm³/mol. The van der Waals surface area contributed by atoms with E-state index >= 15 is 0 Å². The van der Waals surface area contributed by atoms with Crippen LogP contribution in [0.2, 0.25) is 19.6 Å². The van der Waals surface area contributed by atoms with Gasteiger partial charge >= 0.3 is 26.8 Å². The van der Waals surface area contributed by atoms with Crippen molar-refractivity contribution < 1.29 is 29.1 Å². The van der Waals surface area contributed by atoms with Gasteiger partial charge in [0.2, 0.25) is 0 Å². The summed E-state index contributed by atoms with van der Waals surface area (Å²) >= 11 is 2.03. The SMILES string of the molecule is CC(C)(C)[NH-].CCO.C[Si](C)(C)O.Cl.Cl.[C-]1=CC=CC1.[CH3-].[SiH2]=[Ti]. The summed E-state index contributed by atoms with van der Waals surface area (Å²) in [6.45, 7) is 13.1. The summed E-state index contributed by atoms with van der Waals surface area (Å²) in [5.74, 6) is 0. The zero-order valence-corrected chi connectivity index (χ0v) is 21.7. The van der Waals surface area contributed by atoms with Crippen LogP contribution in [-0.2, 0) is 19.2 Å². The van der Waals surface area contributed by atoms with Gasteiger partial charge in [-0.15, -0.1) is 36.8 Å². The van der Waals surface area contributed by atoms with Crippen LogP contribution in [-0.4, -0.2) is 38.0 Å². The van der Waals surface area contributed by atoms with Gasteiger partial charge in [-0.2, -0.15) is 6.08 Å². The molecular formula is C15H38Cl2NO2Si2Ti-3. The Balaban J connectivity index is -0.0000000278. The second-order valence-corrected chi connectivity index (χ2v) is 10.1. The molecule has 3 N–H and O–H groups in total. The average molecular weight is 439 g/mol. The standard InChI is InChI=1S/C5H5.C4H10N.C3H10OSi.C2H6O.CH3.2ClH.H2Si.Ti/c1-2-4-5-3-1;1-4(2,3)5;1-5(2,3)4;1-2-3;;;;;/h1-3H,4H2;5H,1-3H3;4H,1-3H3;3H,2H2,1H3;1H3;2*1H;1H2;/q2*-1;;;-1;;;;. The first-order valence-corrected chi connectivity index (χ1v) is 14.0. The predicted octanol–water partition coefficient (Wildman–Crippen LogP) is 4.33. The van der Waals surface area contributed by atoms with Gasteiger partial charge in [-0.3, -0.25) is 6.08 Å². The summed E-state index contributed by atoms with van der Waals surface area (Å²) < 4.78 is 0. The monoisotopic (exact) mass is 438 g/mol. The van der Waals surface area contributed by atoms with Crippen LogP contribution in [0.15, 0.2) is 18.2 Å². The Morgan fingerprint density at radius 1 is 1.22 bits per heavy atom. The van der Waals surface area contributed by atoms with E-state index in [1.165, 1.54) is 0 Å². The molecule has 0 aromatic heterocycles. The molecule has 1 aliphatic rings. The number of aliphatic hydroxyl groups excluding tert-OH is 1. The molecule has 3 nitrogen and oxygen atoms in total. The maximum atomic E-state index is 8.66. The van der Waals surface area contributed by atoms with Crippen LogP contribution >= 0.6 is 24.8 Å². The minimum atomic E-state index is -1.61. The van der Waals surface area contributed by atoms with Crippen molar-refractivity contribution in [3.63, 3.8) is 0 Å². The molecule has 0 saturated carbocycles. The third-order valence-electron chi connectivity index (χ3n) is 0.586. The van der Waals surface area contributed by atoms with Crippen LogP contribution in [0.25, 0.3) is 5.73 Å². The third-order valence-corrected chi connectivity index (χ3v) is 0.586. The van der Waals surface area contributed by atoms with Gasteiger partial charge in [0.15, 0.2) is 8.32 Å². The van der Waals surface area contributed by atoms with Crippen LogP contribution in [0.4, 0.5) is 0 Å². The summed E-state index contributed by atoms with van der Waals surface area (Å²) in [7, 11) is 0.250. The normalized spacial score (nSPS) is 9.96. The molecule has 0 unspecified atom stereocenters. The fourth-order valence-corrected chi connectivity index (χ4v) is 0.340. The molecule has 0 amide bonds. The van der Waals surface area contributed by atoms with Crippen LogP contribution in [0.5, 0.6) is 0 Å². The van der Waals surface area contributed by atoms with E-state index in [-0.39, 0.29) is 44.4 Å². The van der Waals surface area contributed by atoms with Gasteiger partial charge in [-0.1, -0.05) is 20.8 Å². The topological polar surface area (TPSA) is 64.3 Å². The Morgan fingerprint density at radius 3 is 1.48 bits per heavy atom.